The molecule has 2 aromatic rings. The van der Waals surface area contributed by atoms with Crippen molar-refractivity contribution in [1.82, 2.24) is 4.90 Å². The second-order valence-corrected chi connectivity index (χ2v) is 6.09. The third-order valence-electron chi connectivity index (χ3n) is 4.69. The number of rotatable bonds is 4. The summed E-state index contributed by atoms with van der Waals surface area (Å²) in [6, 6.07) is 13.4. The summed E-state index contributed by atoms with van der Waals surface area (Å²) in [5.41, 5.74) is 7.21. The van der Waals surface area contributed by atoms with E-state index in [9.17, 15) is 0 Å². The highest BCUT2D eigenvalue weighted by molar-refractivity contribution is 5.91. The van der Waals surface area contributed by atoms with Gasteiger partial charge in [0.1, 0.15) is 5.75 Å². The number of hydrogen-bond acceptors (Lipinski definition) is 3. The van der Waals surface area contributed by atoms with Crippen LogP contribution in [0.2, 0.25) is 0 Å². The van der Waals surface area contributed by atoms with Gasteiger partial charge in [-0.15, -0.1) is 0 Å². The van der Waals surface area contributed by atoms with Gasteiger partial charge in [0, 0.05) is 24.5 Å². The second kappa shape index (κ2) is 6.04. The molecule has 2 N–H and O–H groups in total. The lowest BCUT2D eigenvalue weighted by atomic mass is 10.0. The third kappa shape index (κ3) is 2.76. The zero-order valence-electron chi connectivity index (χ0n) is 12.9. The lowest BCUT2D eigenvalue weighted by Crippen LogP contribution is -2.27. The van der Waals surface area contributed by atoms with Crippen LogP contribution in [-0.4, -0.2) is 31.1 Å². The molecule has 0 aliphatic carbocycles. The fourth-order valence-electron chi connectivity index (χ4n) is 3.48. The molecule has 3 nitrogen and oxygen atoms in total. The van der Waals surface area contributed by atoms with Crippen molar-refractivity contribution in [1.29, 1.82) is 0 Å². The van der Waals surface area contributed by atoms with Crippen LogP contribution in [0.25, 0.3) is 10.8 Å². The molecule has 3 heteroatoms. The number of nitrogens with two attached hydrogens (primary N) is 1. The molecule has 1 aliphatic rings. The van der Waals surface area contributed by atoms with E-state index < -0.39 is 0 Å². The molecule has 2 unspecified atom stereocenters. The highest BCUT2D eigenvalue weighted by atomic mass is 16.5. The lowest BCUT2D eigenvalue weighted by molar-refractivity contribution is 0.257. The Morgan fingerprint density at radius 3 is 2.62 bits per heavy atom. The summed E-state index contributed by atoms with van der Waals surface area (Å²) in [4.78, 5) is 2.55. The maximum absolute atomic E-state index is 5.84. The van der Waals surface area contributed by atoms with Crippen LogP contribution in [0.15, 0.2) is 36.4 Å². The van der Waals surface area contributed by atoms with Crippen LogP contribution in [0.3, 0.4) is 0 Å². The van der Waals surface area contributed by atoms with Gasteiger partial charge in [0.2, 0.25) is 0 Å². The van der Waals surface area contributed by atoms with Gasteiger partial charge in [-0.1, -0.05) is 30.3 Å². The standard InChI is InChI=1S/C18H24N2O/c1-13-9-14(10-19)11-20(13)12-15-7-8-18(21-2)17-6-4-3-5-16(15)17/h3-8,13-14H,9-12,19H2,1-2H3. The van der Waals surface area contributed by atoms with E-state index in [0.717, 1.165) is 25.4 Å². The Kier molecular flexibility index (Phi) is 4.13. The van der Waals surface area contributed by atoms with Crippen molar-refractivity contribution in [2.75, 3.05) is 20.2 Å². The first-order chi connectivity index (χ1) is 10.2. The minimum atomic E-state index is 0.611. The summed E-state index contributed by atoms with van der Waals surface area (Å²) < 4.78 is 5.48. The van der Waals surface area contributed by atoms with Gasteiger partial charge >= 0.3 is 0 Å². The van der Waals surface area contributed by atoms with Gasteiger partial charge in [0.15, 0.2) is 0 Å². The molecule has 1 saturated heterocycles. The molecule has 3 rings (SSSR count). The molecule has 0 amide bonds. The summed E-state index contributed by atoms with van der Waals surface area (Å²) in [5, 5.41) is 2.49. The maximum atomic E-state index is 5.84. The zero-order valence-corrected chi connectivity index (χ0v) is 12.9. The molecule has 112 valence electrons. The smallest absolute Gasteiger partial charge is 0.126 e. The second-order valence-electron chi connectivity index (χ2n) is 6.09. The van der Waals surface area contributed by atoms with Crippen molar-refractivity contribution in [3.63, 3.8) is 0 Å². The molecule has 0 spiro atoms. The molecule has 1 aliphatic heterocycles. The molecule has 0 saturated carbocycles. The van der Waals surface area contributed by atoms with E-state index in [1.807, 2.05) is 0 Å². The van der Waals surface area contributed by atoms with Gasteiger partial charge in [-0.25, -0.2) is 0 Å². The molecule has 2 aromatic carbocycles. The normalized spacial score (nSPS) is 22.8. The molecule has 1 fully saturated rings. The Morgan fingerprint density at radius 1 is 1.19 bits per heavy atom. The first kappa shape index (κ1) is 14.4. The number of ether oxygens (including phenoxy) is 1. The summed E-state index contributed by atoms with van der Waals surface area (Å²) >= 11 is 0. The molecular formula is C18H24N2O. The summed E-state index contributed by atoms with van der Waals surface area (Å²) in [5.74, 6) is 1.59. The van der Waals surface area contributed by atoms with E-state index in [0.29, 0.717) is 12.0 Å². The number of methoxy groups -OCH3 is 1. The van der Waals surface area contributed by atoms with Crippen molar-refractivity contribution >= 4 is 10.8 Å². The van der Waals surface area contributed by atoms with E-state index in [2.05, 4.69) is 48.2 Å². The van der Waals surface area contributed by atoms with Crippen molar-refractivity contribution < 1.29 is 4.74 Å². The van der Waals surface area contributed by atoms with E-state index in [4.69, 9.17) is 10.5 Å². The van der Waals surface area contributed by atoms with Crippen LogP contribution < -0.4 is 10.5 Å². The predicted molar refractivity (Wildman–Crippen MR) is 87.5 cm³/mol. The van der Waals surface area contributed by atoms with Crippen LogP contribution in [-0.2, 0) is 6.54 Å². The summed E-state index contributed by atoms with van der Waals surface area (Å²) in [6.07, 6.45) is 1.21. The Morgan fingerprint density at radius 2 is 1.95 bits per heavy atom. The van der Waals surface area contributed by atoms with Gasteiger partial charge < -0.3 is 10.5 Å². The predicted octanol–water partition coefficient (Wildman–Crippen LogP) is 3.02. The fraction of sp³-hybridized carbons (Fsp3) is 0.444. The highest BCUT2D eigenvalue weighted by Gasteiger charge is 2.28. The molecule has 1 heterocycles. The molecule has 21 heavy (non-hydrogen) atoms. The highest BCUT2D eigenvalue weighted by Crippen LogP contribution is 2.31. The monoisotopic (exact) mass is 284 g/mol. The number of benzene rings is 2. The topological polar surface area (TPSA) is 38.5 Å². The van der Waals surface area contributed by atoms with E-state index in [1.165, 1.54) is 22.8 Å². The molecule has 0 radical (unpaired) electrons. The van der Waals surface area contributed by atoms with Gasteiger partial charge in [-0.2, -0.15) is 0 Å². The van der Waals surface area contributed by atoms with E-state index in [1.54, 1.807) is 7.11 Å². The number of nitrogens with zero attached hydrogens (tertiary/aromatic N) is 1. The Labute approximate surface area is 126 Å². The maximum Gasteiger partial charge on any atom is 0.126 e. The van der Waals surface area contributed by atoms with Crippen molar-refractivity contribution in [2.24, 2.45) is 11.7 Å². The van der Waals surface area contributed by atoms with Gasteiger partial charge in [-0.05, 0) is 42.8 Å². The minimum Gasteiger partial charge on any atom is -0.496 e. The number of hydrogen-bond donors (Lipinski definition) is 1. The third-order valence-corrected chi connectivity index (χ3v) is 4.69. The Hall–Kier alpha value is -1.58. The molecule has 2 atom stereocenters. The summed E-state index contributed by atoms with van der Waals surface area (Å²) in [6.45, 7) is 5.20. The average molecular weight is 284 g/mol. The Bertz CT molecular complexity index is 626. The number of fused-ring (bicyclic) bond motifs is 1. The minimum absolute atomic E-state index is 0.611. The molecular weight excluding hydrogens is 260 g/mol. The fourth-order valence-corrected chi connectivity index (χ4v) is 3.48. The first-order valence-electron chi connectivity index (χ1n) is 7.71. The zero-order chi connectivity index (χ0) is 14.8. The first-order valence-corrected chi connectivity index (χ1v) is 7.71. The van der Waals surface area contributed by atoms with Crippen molar-refractivity contribution in [2.45, 2.75) is 25.9 Å². The van der Waals surface area contributed by atoms with Crippen LogP contribution in [0.5, 0.6) is 5.75 Å². The van der Waals surface area contributed by atoms with Gasteiger partial charge in [0.05, 0.1) is 7.11 Å². The van der Waals surface area contributed by atoms with Gasteiger partial charge in [-0.3, -0.25) is 4.90 Å². The summed E-state index contributed by atoms with van der Waals surface area (Å²) in [7, 11) is 1.73. The van der Waals surface area contributed by atoms with Crippen LogP contribution in [0.4, 0.5) is 0 Å². The van der Waals surface area contributed by atoms with Crippen molar-refractivity contribution in [3.05, 3.63) is 42.0 Å². The average Bonchev–Trinajstić information content (AvgIpc) is 2.88. The van der Waals surface area contributed by atoms with Crippen LogP contribution >= 0.6 is 0 Å². The molecule has 0 aromatic heterocycles. The SMILES string of the molecule is COc1ccc(CN2CC(CN)CC2C)c2ccccc12. The Balaban J connectivity index is 1.91. The van der Waals surface area contributed by atoms with Crippen molar-refractivity contribution in [3.8, 4) is 5.75 Å². The number of likely N-dealkylation sites (tertiary alicyclic amines) is 1. The quantitative estimate of drug-likeness (QED) is 0.938. The van der Waals surface area contributed by atoms with E-state index >= 15 is 0 Å². The lowest BCUT2D eigenvalue weighted by Gasteiger charge is -2.22. The molecule has 0 bridgehead atoms. The van der Waals surface area contributed by atoms with Crippen LogP contribution in [0, 0.1) is 5.92 Å². The van der Waals surface area contributed by atoms with Gasteiger partial charge in [0.25, 0.3) is 0 Å². The largest absolute Gasteiger partial charge is 0.496 e. The van der Waals surface area contributed by atoms with E-state index in [-0.39, 0.29) is 0 Å². The van der Waals surface area contributed by atoms with Crippen LogP contribution in [0.1, 0.15) is 18.9 Å².